The van der Waals surface area contributed by atoms with E-state index < -0.39 is 0 Å². The van der Waals surface area contributed by atoms with Crippen LogP contribution in [-0.4, -0.2) is 15.0 Å². The van der Waals surface area contributed by atoms with Gasteiger partial charge in [0, 0.05) is 42.0 Å². The number of hydrogen-bond acceptors (Lipinski definition) is 5. The number of fused-ring (bicyclic) bond motifs is 1. The lowest BCUT2D eigenvalue weighted by molar-refractivity contribution is 0.487. The molecule has 0 saturated heterocycles. The Morgan fingerprint density at radius 2 is 2.08 bits per heavy atom. The summed E-state index contributed by atoms with van der Waals surface area (Å²) in [4.78, 5) is 12.7. The van der Waals surface area contributed by atoms with Crippen LogP contribution in [0.1, 0.15) is 28.6 Å². The van der Waals surface area contributed by atoms with Gasteiger partial charge in [0.1, 0.15) is 11.0 Å². The molecule has 2 aromatic heterocycles. The summed E-state index contributed by atoms with van der Waals surface area (Å²) in [6.45, 7) is 2.56. The molecule has 5 nitrogen and oxygen atoms in total. The predicted molar refractivity (Wildman–Crippen MR) is 99.1 cm³/mol. The Hall–Kier alpha value is -2.57. The van der Waals surface area contributed by atoms with Crippen LogP contribution in [0.5, 0.6) is 0 Å². The van der Waals surface area contributed by atoms with E-state index in [1.54, 1.807) is 18.3 Å². The number of pyridine rings is 1. The number of benzene rings is 1. The van der Waals surface area contributed by atoms with Gasteiger partial charge in [0.2, 0.25) is 5.95 Å². The first-order chi connectivity index (χ1) is 12.5. The third-order valence-electron chi connectivity index (χ3n) is 4.68. The van der Waals surface area contributed by atoms with Crippen molar-refractivity contribution in [1.82, 2.24) is 20.3 Å². The van der Waals surface area contributed by atoms with Crippen LogP contribution in [0.25, 0.3) is 11.1 Å². The Morgan fingerprint density at radius 1 is 1.23 bits per heavy atom. The molecular weight excluding hydrogens is 353 g/mol. The Labute approximate surface area is 155 Å². The molecule has 0 spiro atoms. The molecule has 1 aliphatic heterocycles. The Balaban J connectivity index is 1.79. The van der Waals surface area contributed by atoms with Crippen molar-refractivity contribution in [3.05, 3.63) is 70.0 Å². The van der Waals surface area contributed by atoms with Gasteiger partial charge in [0.15, 0.2) is 0 Å². The van der Waals surface area contributed by atoms with E-state index in [9.17, 15) is 4.39 Å². The number of nitrogens with one attached hydrogen (secondary N) is 1. The van der Waals surface area contributed by atoms with Gasteiger partial charge in [-0.3, -0.25) is 0 Å². The highest BCUT2D eigenvalue weighted by Crippen LogP contribution is 2.36. The minimum absolute atomic E-state index is 0.0388. The summed E-state index contributed by atoms with van der Waals surface area (Å²) in [6, 6.07) is 8.33. The van der Waals surface area contributed by atoms with Crippen LogP contribution in [0.2, 0.25) is 5.15 Å². The molecule has 7 heteroatoms. The quantitative estimate of drug-likeness (QED) is 0.675. The van der Waals surface area contributed by atoms with Gasteiger partial charge in [-0.2, -0.15) is 0 Å². The van der Waals surface area contributed by atoms with E-state index in [-0.39, 0.29) is 17.8 Å². The van der Waals surface area contributed by atoms with Crippen LogP contribution in [-0.2, 0) is 13.0 Å². The SMILES string of the molecule is Cc1nc(N)nc2c1CNC(c1ccc(F)cc1-c1cccnc1Cl)C2. The van der Waals surface area contributed by atoms with Gasteiger partial charge < -0.3 is 11.1 Å². The van der Waals surface area contributed by atoms with Crippen LogP contribution < -0.4 is 11.1 Å². The zero-order valence-corrected chi connectivity index (χ0v) is 14.9. The van der Waals surface area contributed by atoms with Crippen molar-refractivity contribution in [2.75, 3.05) is 5.73 Å². The van der Waals surface area contributed by atoms with Crippen LogP contribution in [0.15, 0.2) is 36.5 Å². The number of anilines is 1. The maximum Gasteiger partial charge on any atom is 0.220 e. The smallest absolute Gasteiger partial charge is 0.220 e. The van der Waals surface area contributed by atoms with Crippen molar-refractivity contribution >= 4 is 17.5 Å². The fraction of sp³-hybridized carbons (Fsp3) is 0.211. The predicted octanol–water partition coefficient (Wildman–Crippen LogP) is 3.61. The van der Waals surface area contributed by atoms with Crippen molar-refractivity contribution < 1.29 is 4.39 Å². The molecule has 0 saturated carbocycles. The number of nitrogen functional groups attached to an aromatic ring is 1. The topological polar surface area (TPSA) is 76.7 Å². The van der Waals surface area contributed by atoms with E-state index in [0.29, 0.717) is 23.7 Å². The summed E-state index contributed by atoms with van der Waals surface area (Å²) in [5.41, 5.74) is 11.1. The second kappa shape index (κ2) is 6.63. The largest absolute Gasteiger partial charge is 0.368 e. The number of hydrogen-bond donors (Lipinski definition) is 2. The molecule has 0 fully saturated rings. The van der Waals surface area contributed by atoms with E-state index >= 15 is 0 Å². The minimum atomic E-state index is -0.317. The third-order valence-corrected chi connectivity index (χ3v) is 4.98. The molecule has 1 aromatic carbocycles. The van der Waals surface area contributed by atoms with Gasteiger partial charge in [0.05, 0.1) is 5.69 Å². The van der Waals surface area contributed by atoms with Crippen LogP contribution in [0, 0.1) is 12.7 Å². The van der Waals surface area contributed by atoms with Crippen LogP contribution in [0.4, 0.5) is 10.3 Å². The van der Waals surface area contributed by atoms with Gasteiger partial charge in [-0.1, -0.05) is 17.7 Å². The molecule has 4 rings (SSSR count). The van der Waals surface area contributed by atoms with Crippen molar-refractivity contribution in [3.63, 3.8) is 0 Å². The molecule has 3 heterocycles. The highest BCUT2D eigenvalue weighted by molar-refractivity contribution is 6.32. The molecule has 3 aromatic rings. The number of nitrogens with zero attached hydrogens (tertiary/aromatic N) is 3. The average Bonchev–Trinajstić information content (AvgIpc) is 2.61. The number of rotatable bonds is 2. The highest BCUT2D eigenvalue weighted by atomic mass is 35.5. The Bertz CT molecular complexity index is 992. The molecule has 1 atom stereocenters. The summed E-state index contributed by atoms with van der Waals surface area (Å²) < 4.78 is 14.0. The number of halogens is 2. The molecule has 0 aliphatic carbocycles. The first kappa shape index (κ1) is 16.9. The summed E-state index contributed by atoms with van der Waals surface area (Å²) in [5.74, 6) is -0.0428. The lowest BCUT2D eigenvalue weighted by atomic mass is 9.89. The lowest BCUT2D eigenvalue weighted by Crippen LogP contribution is -2.31. The van der Waals surface area contributed by atoms with Crippen LogP contribution in [0.3, 0.4) is 0 Å². The van der Waals surface area contributed by atoms with Gasteiger partial charge >= 0.3 is 0 Å². The first-order valence-corrected chi connectivity index (χ1v) is 8.66. The fourth-order valence-corrected chi connectivity index (χ4v) is 3.66. The molecular formula is C19H17ClFN5. The number of nitrogens with two attached hydrogens (primary N) is 1. The maximum absolute atomic E-state index is 14.0. The molecule has 0 amide bonds. The molecule has 1 unspecified atom stereocenters. The van der Waals surface area contributed by atoms with Gasteiger partial charge in [-0.15, -0.1) is 0 Å². The molecule has 0 bridgehead atoms. The number of aromatic nitrogens is 3. The molecule has 1 aliphatic rings. The van der Waals surface area contributed by atoms with E-state index in [1.807, 2.05) is 13.0 Å². The van der Waals surface area contributed by atoms with E-state index in [0.717, 1.165) is 28.1 Å². The monoisotopic (exact) mass is 369 g/mol. The van der Waals surface area contributed by atoms with Gasteiger partial charge in [0.25, 0.3) is 0 Å². The summed E-state index contributed by atoms with van der Waals surface area (Å²) >= 11 is 6.25. The molecule has 26 heavy (non-hydrogen) atoms. The zero-order chi connectivity index (χ0) is 18.3. The second-order valence-electron chi connectivity index (χ2n) is 6.30. The standard InChI is InChI=1S/C19H17ClFN5/c1-10-15-9-24-16(8-17(15)26-19(22)25-10)12-5-4-11(21)7-14(12)13-3-2-6-23-18(13)20/h2-7,16,24H,8-9H2,1H3,(H2,22,25,26). The van der Waals surface area contributed by atoms with Gasteiger partial charge in [-0.05, 0) is 42.3 Å². The normalized spacial score (nSPS) is 16.3. The second-order valence-corrected chi connectivity index (χ2v) is 6.66. The molecule has 132 valence electrons. The third kappa shape index (κ3) is 3.02. The van der Waals surface area contributed by atoms with Gasteiger partial charge in [-0.25, -0.2) is 19.3 Å². The number of aryl methyl sites for hydroxylation is 1. The Kier molecular flexibility index (Phi) is 4.30. The summed E-state index contributed by atoms with van der Waals surface area (Å²) in [7, 11) is 0. The summed E-state index contributed by atoms with van der Waals surface area (Å²) in [5, 5.41) is 3.84. The first-order valence-electron chi connectivity index (χ1n) is 8.28. The fourth-order valence-electron chi connectivity index (χ4n) is 3.44. The highest BCUT2D eigenvalue weighted by Gasteiger charge is 2.25. The summed E-state index contributed by atoms with van der Waals surface area (Å²) in [6.07, 6.45) is 2.25. The minimum Gasteiger partial charge on any atom is -0.368 e. The van der Waals surface area contributed by atoms with E-state index in [1.165, 1.54) is 12.1 Å². The van der Waals surface area contributed by atoms with E-state index in [2.05, 4.69) is 20.3 Å². The zero-order valence-electron chi connectivity index (χ0n) is 14.1. The van der Waals surface area contributed by atoms with Crippen LogP contribution >= 0.6 is 11.6 Å². The van der Waals surface area contributed by atoms with Crippen molar-refractivity contribution in [1.29, 1.82) is 0 Å². The maximum atomic E-state index is 14.0. The van der Waals surface area contributed by atoms with Crippen molar-refractivity contribution in [3.8, 4) is 11.1 Å². The molecule has 3 N–H and O–H groups in total. The van der Waals surface area contributed by atoms with Crippen molar-refractivity contribution in [2.24, 2.45) is 0 Å². The van der Waals surface area contributed by atoms with E-state index in [4.69, 9.17) is 17.3 Å². The van der Waals surface area contributed by atoms with Crippen molar-refractivity contribution in [2.45, 2.75) is 25.9 Å². The lowest BCUT2D eigenvalue weighted by Gasteiger charge is -2.28. The molecule has 0 radical (unpaired) electrons. The Morgan fingerprint density at radius 3 is 2.88 bits per heavy atom. The average molecular weight is 370 g/mol.